The number of sulfonamides is 1. The lowest BCUT2D eigenvalue weighted by molar-refractivity contribution is 0.159. The third-order valence-electron chi connectivity index (χ3n) is 4.62. The molecule has 27 heavy (non-hydrogen) atoms. The zero-order chi connectivity index (χ0) is 19.1. The van der Waals surface area contributed by atoms with Crippen LogP contribution in [0.15, 0.2) is 60.0 Å². The normalized spacial score (nSPS) is 16.6. The maximum atomic E-state index is 12.5. The number of benzene rings is 2. The molecule has 1 aliphatic heterocycles. The molecule has 5 nitrogen and oxygen atoms in total. The van der Waals surface area contributed by atoms with E-state index in [0.717, 1.165) is 30.9 Å². The Bertz CT molecular complexity index is 841. The number of nitrogens with zero attached hydrogens (tertiary/aromatic N) is 2. The first-order valence-corrected chi connectivity index (χ1v) is 10.7. The molecule has 0 unspecified atom stereocenters. The smallest absolute Gasteiger partial charge is 0.236 e. The van der Waals surface area contributed by atoms with Gasteiger partial charge in [-0.3, -0.25) is 4.90 Å². The standard InChI is InChI=1S/C21H26N2O3S/c1-19-7-9-21(10-8-19)26-17-16-22-12-14-23(15-13-22)27(24,25)18-11-20-5-3-2-4-6-20/h2-11,18H,12-17H2,1H3/b18-11+. The van der Waals surface area contributed by atoms with Gasteiger partial charge in [0, 0.05) is 38.1 Å². The van der Waals surface area contributed by atoms with Gasteiger partial charge in [0.25, 0.3) is 0 Å². The number of hydrogen-bond donors (Lipinski definition) is 0. The van der Waals surface area contributed by atoms with Crippen molar-refractivity contribution < 1.29 is 13.2 Å². The van der Waals surface area contributed by atoms with Gasteiger partial charge in [-0.25, -0.2) is 8.42 Å². The van der Waals surface area contributed by atoms with Gasteiger partial charge in [-0.05, 0) is 30.7 Å². The van der Waals surface area contributed by atoms with Gasteiger partial charge in [0.2, 0.25) is 10.0 Å². The summed E-state index contributed by atoms with van der Waals surface area (Å²) in [4.78, 5) is 2.24. The highest BCUT2D eigenvalue weighted by Gasteiger charge is 2.24. The summed E-state index contributed by atoms with van der Waals surface area (Å²) in [5.74, 6) is 0.868. The number of piperazine rings is 1. The van der Waals surface area contributed by atoms with Crippen molar-refractivity contribution in [2.24, 2.45) is 0 Å². The van der Waals surface area contributed by atoms with Crippen molar-refractivity contribution in [3.63, 3.8) is 0 Å². The first-order chi connectivity index (χ1) is 13.0. The van der Waals surface area contributed by atoms with Crippen LogP contribution in [0.1, 0.15) is 11.1 Å². The first-order valence-electron chi connectivity index (χ1n) is 9.18. The summed E-state index contributed by atoms with van der Waals surface area (Å²) in [5.41, 5.74) is 2.09. The van der Waals surface area contributed by atoms with Crippen LogP contribution in [0.2, 0.25) is 0 Å². The average Bonchev–Trinajstić information content (AvgIpc) is 2.69. The molecule has 1 aliphatic rings. The molecule has 0 aromatic heterocycles. The van der Waals surface area contributed by atoms with E-state index in [1.807, 2.05) is 61.5 Å². The summed E-state index contributed by atoms with van der Waals surface area (Å²) in [7, 11) is -3.38. The molecule has 1 fully saturated rings. The summed E-state index contributed by atoms with van der Waals surface area (Å²) in [6.45, 7) is 5.89. The maximum absolute atomic E-state index is 12.5. The lowest BCUT2D eigenvalue weighted by Crippen LogP contribution is -2.48. The molecule has 1 saturated heterocycles. The quantitative estimate of drug-likeness (QED) is 0.734. The van der Waals surface area contributed by atoms with Gasteiger partial charge in [0.05, 0.1) is 0 Å². The van der Waals surface area contributed by atoms with Gasteiger partial charge < -0.3 is 4.74 Å². The van der Waals surface area contributed by atoms with Gasteiger partial charge in [-0.1, -0.05) is 48.0 Å². The lowest BCUT2D eigenvalue weighted by Gasteiger charge is -2.33. The van der Waals surface area contributed by atoms with Crippen molar-refractivity contribution in [3.8, 4) is 5.75 Å². The van der Waals surface area contributed by atoms with Gasteiger partial charge in [-0.15, -0.1) is 0 Å². The van der Waals surface area contributed by atoms with E-state index in [0.29, 0.717) is 19.7 Å². The van der Waals surface area contributed by atoms with Crippen LogP contribution in [0.3, 0.4) is 0 Å². The molecule has 0 radical (unpaired) electrons. The molecular weight excluding hydrogens is 360 g/mol. The highest BCUT2D eigenvalue weighted by molar-refractivity contribution is 7.92. The van der Waals surface area contributed by atoms with Crippen molar-refractivity contribution in [1.29, 1.82) is 0 Å². The second-order valence-corrected chi connectivity index (χ2v) is 8.48. The van der Waals surface area contributed by atoms with Crippen LogP contribution in [0.4, 0.5) is 0 Å². The van der Waals surface area contributed by atoms with Crippen LogP contribution in [0, 0.1) is 6.92 Å². The van der Waals surface area contributed by atoms with E-state index in [4.69, 9.17) is 4.74 Å². The molecule has 2 aromatic rings. The molecule has 0 bridgehead atoms. The molecule has 6 heteroatoms. The fourth-order valence-electron chi connectivity index (χ4n) is 2.95. The Labute approximate surface area is 161 Å². The third kappa shape index (κ3) is 5.92. The van der Waals surface area contributed by atoms with E-state index in [2.05, 4.69) is 4.90 Å². The van der Waals surface area contributed by atoms with Crippen molar-refractivity contribution in [2.75, 3.05) is 39.3 Å². The van der Waals surface area contributed by atoms with Crippen LogP contribution in [0.5, 0.6) is 5.75 Å². The Morgan fingerprint density at radius 2 is 1.63 bits per heavy atom. The topological polar surface area (TPSA) is 49.9 Å². The molecule has 2 aromatic carbocycles. The molecule has 0 aliphatic carbocycles. The second kappa shape index (κ2) is 9.17. The van der Waals surface area contributed by atoms with Crippen molar-refractivity contribution in [2.45, 2.75) is 6.92 Å². The molecule has 0 amide bonds. The summed E-state index contributed by atoms with van der Waals surface area (Å²) < 4.78 is 32.3. The lowest BCUT2D eigenvalue weighted by atomic mass is 10.2. The van der Waals surface area contributed by atoms with E-state index in [-0.39, 0.29) is 0 Å². The fraction of sp³-hybridized carbons (Fsp3) is 0.333. The summed E-state index contributed by atoms with van der Waals surface area (Å²) >= 11 is 0. The molecule has 3 rings (SSSR count). The Morgan fingerprint density at radius 3 is 2.30 bits per heavy atom. The van der Waals surface area contributed by atoms with E-state index < -0.39 is 10.0 Å². The largest absolute Gasteiger partial charge is 0.492 e. The van der Waals surface area contributed by atoms with Crippen LogP contribution < -0.4 is 4.74 Å². The van der Waals surface area contributed by atoms with E-state index in [1.165, 1.54) is 11.0 Å². The molecule has 0 spiro atoms. The molecular formula is C21H26N2O3S. The van der Waals surface area contributed by atoms with Crippen LogP contribution in [-0.4, -0.2) is 57.0 Å². The summed E-state index contributed by atoms with van der Waals surface area (Å²) in [5, 5.41) is 1.30. The van der Waals surface area contributed by atoms with E-state index in [1.54, 1.807) is 10.4 Å². The van der Waals surface area contributed by atoms with Crippen LogP contribution >= 0.6 is 0 Å². The molecule has 0 N–H and O–H groups in total. The number of aryl methyl sites for hydroxylation is 1. The Hall–Kier alpha value is -2.15. The van der Waals surface area contributed by atoms with Crippen LogP contribution in [0.25, 0.3) is 6.08 Å². The minimum atomic E-state index is -3.38. The van der Waals surface area contributed by atoms with Gasteiger partial charge in [0.15, 0.2) is 0 Å². The minimum Gasteiger partial charge on any atom is -0.492 e. The predicted octanol–water partition coefficient (Wildman–Crippen LogP) is 2.99. The monoisotopic (exact) mass is 386 g/mol. The van der Waals surface area contributed by atoms with Crippen molar-refractivity contribution in [1.82, 2.24) is 9.21 Å². The highest BCUT2D eigenvalue weighted by atomic mass is 32.2. The Kier molecular flexibility index (Phi) is 6.66. The SMILES string of the molecule is Cc1ccc(OCCN2CCN(S(=O)(=O)/C=C/c3ccccc3)CC2)cc1. The van der Waals surface area contributed by atoms with Crippen molar-refractivity contribution >= 4 is 16.1 Å². The highest BCUT2D eigenvalue weighted by Crippen LogP contribution is 2.13. The fourth-order valence-corrected chi connectivity index (χ4v) is 4.12. The maximum Gasteiger partial charge on any atom is 0.236 e. The number of hydrogen-bond acceptors (Lipinski definition) is 4. The number of ether oxygens (including phenoxy) is 1. The van der Waals surface area contributed by atoms with Crippen LogP contribution in [-0.2, 0) is 10.0 Å². The molecule has 144 valence electrons. The van der Waals surface area contributed by atoms with E-state index in [9.17, 15) is 8.42 Å². The average molecular weight is 387 g/mol. The first kappa shape index (κ1) is 19.6. The van der Waals surface area contributed by atoms with Crippen molar-refractivity contribution in [3.05, 3.63) is 71.1 Å². The molecule has 1 heterocycles. The summed E-state index contributed by atoms with van der Waals surface area (Å²) in [6, 6.07) is 17.5. The molecule has 0 atom stereocenters. The molecule has 0 saturated carbocycles. The van der Waals surface area contributed by atoms with Gasteiger partial charge >= 0.3 is 0 Å². The third-order valence-corrected chi connectivity index (χ3v) is 6.19. The van der Waals surface area contributed by atoms with E-state index >= 15 is 0 Å². The zero-order valence-electron chi connectivity index (χ0n) is 15.6. The van der Waals surface area contributed by atoms with Gasteiger partial charge in [0.1, 0.15) is 12.4 Å². The predicted molar refractivity (Wildman–Crippen MR) is 109 cm³/mol. The minimum absolute atomic E-state index is 0.506. The van der Waals surface area contributed by atoms with Gasteiger partial charge in [-0.2, -0.15) is 4.31 Å². The second-order valence-electron chi connectivity index (χ2n) is 6.66. The number of rotatable bonds is 7. The zero-order valence-corrected chi connectivity index (χ0v) is 16.4. The summed E-state index contributed by atoms with van der Waals surface area (Å²) in [6.07, 6.45) is 1.65. The Balaban J connectivity index is 1.44. The Morgan fingerprint density at radius 1 is 0.963 bits per heavy atom.